The zero-order valence-electron chi connectivity index (χ0n) is 20.1. The summed E-state index contributed by atoms with van der Waals surface area (Å²) >= 11 is 0. The Bertz CT molecular complexity index is 945. The van der Waals surface area contributed by atoms with E-state index >= 15 is 0 Å². The number of carbonyl (C=O) groups is 4. The monoisotopic (exact) mass is 470 g/mol. The first kappa shape index (κ1) is 24.2. The molecule has 1 aromatic rings. The zero-order valence-corrected chi connectivity index (χ0v) is 20.1. The molecule has 1 saturated carbocycles. The molecule has 184 valence electrons. The van der Waals surface area contributed by atoms with Crippen LogP contribution in [-0.2, 0) is 20.9 Å². The van der Waals surface area contributed by atoms with Crippen molar-refractivity contribution >= 4 is 23.8 Å². The summed E-state index contributed by atoms with van der Waals surface area (Å²) in [7, 11) is 0. The minimum Gasteiger partial charge on any atom is -0.372 e. The molecule has 2 aliphatic heterocycles. The summed E-state index contributed by atoms with van der Waals surface area (Å²) in [5.74, 6) is -0.201. The van der Waals surface area contributed by atoms with Gasteiger partial charge in [0.1, 0.15) is 12.1 Å². The van der Waals surface area contributed by atoms with Crippen molar-refractivity contribution in [1.29, 1.82) is 0 Å². The number of hydrogen-bond donors (Lipinski definition) is 2. The fourth-order valence-electron chi connectivity index (χ4n) is 5.11. The molecule has 4 rings (SSSR count). The van der Waals surface area contributed by atoms with E-state index in [2.05, 4.69) is 17.6 Å². The van der Waals surface area contributed by atoms with Gasteiger partial charge < -0.3 is 20.3 Å². The molecule has 2 atom stereocenters. The van der Waals surface area contributed by atoms with Crippen molar-refractivity contribution in [3.63, 3.8) is 0 Å². The first-order valence-electron chi connectivity index (χ1n) is 12.1. The molecule has 5 amide bonds. The lowest BCUT2D eigenvalue weighted by atomic mass is 9.77. The van der Waals surface area contributed by atoms with E-state index in [4.69, 9.17) is 4.74 Å². The summed E-state index contributed by atoms with van der Waals surface area (Å²) in [4.78, 5) is 53.4. The van der Waals surface area contributed by atoms with Gasteiger partial charge in [0, 0.05) is 25.2 Å². The van der Waals surface area contributed by atoms with Crippen molar-refractivity contribution in [2.45, 2.75) is 70.7 Å². The van der Waals surface area contributed by atoms with Crippen LogP contribution in [0.25, 0.3) is 0 Å². The van der Waals surface area contributed by atoms with Gasteiger partial charge in [-0.2, -0.15) is 0 Å². The van der Waals surface area contributed by atoms with Crippen LogP contribution in [0.4, 0.5) is 4.79 Å². The lowest BCUT2D eigenvalue weighted by molar-refractivity contribution is -0.136. The van der Waals surface area contributed by atoms with E-state index < -0.39 is 17.5 Å². The largest absolute Gasteiger partial charge is 0.372 e. The van der Waals surface area contributed by atoms with Crippen molar-refractivity contribution in [1.82, 2.24) is 20.4 Å². The molecule has 1 aliphatic carbocycles. The Hall–Kier alpha value is -2.94. The summed E-state index contributed by atoms with van der Waals surface area (Å²) in [6.07, 6.45) is 3.00. The van der Waals surface area contributed by atoms with Gasteiger partial charge in [-0.15, -0.1) is 0 Å². The van der Waals surface area contributed by atoms with Gasteiger partial charge in [-0.3, -0.25) is 19.3 Å². The number of ether oxygens (including phenoxy) is 1. The third-order valence-corrected chi connectivity index (χ3v) is 7.07. The highest BCUT2D eigenvalue weighted by molar-refractivity contribution is 6.09. The van der Waals surface area contributed by atoms with E-state index in [-0.39, 0.29) is 37.1 Å². The van der Waals surface area contributed by atoms with E-state index in [0.717, 1.165) is 23.3 Å². The standard InChI is InChI=1S/C25H34N4O5/c1-16-8-10-25(11-9-16)23(32)29(24(33)27-25)15-21(30)26-12-19-4-6-20(7-5-19)22(31)28-13-17(2)34-18(3)14-28/h4-7,16-18H,8-15H2,1-3H3,(H,26,30)(H,27,33). The second kappa shape index (κ2) is 9.74. The second-order valence-corrected chi connectivity index (χ2v) is 10.0. The number of urea groups is 1. The molecule has 1 spiro atoms. The minimum absolute atomic E-state index is 0.00306. The quantitative estimate of drug-likeness (QED) is 0.641. The molecule has 0 aromatic heterocycles. The number of carbonyl (C=O) groups excluding carboxylic acids is 4. The van der Waals surface area contributed by atoms with Crippen molar-refractivity contribution in [2.75, 3.05) is 19.6 Å². The van der Waals surface area contributed by atoms with E-state index in [1.54, 1.807) is 29.2 Å². The molecule has 0 radical (unpaired) electrons. The summed E-state index contributed by atoms with van der Waals surface area (Å²) in [5, 5.41) is 5.60. The molecule has 9 nitrogen and oxygen atoms in total. The maximum absolute atomic E-state index is 12.9. The number of nitrogens with zero attached hydrogens (tertiary/aromatic N) is 2. The van der Waals surface area contributed by atoms with E-state index in [0.29, 0.717) is 37.4 Å². The predicted molar refractivity (Wildman–Crippen MR) is 125 cm³/mol. The van der Waals surface area contributed by atoms with Crippen LogP contribution >= 0.6 is 0 Å². The SMILES string of the molecule is CC1CCC2(CC1)NC(=O)N(CC(=O)NCc1ccc(C(=O)N3CC(C)OC(C)C3)cc1)C2=O. The van der Waals surface area contributed by atoms with Crippen LogP contribution in [-0.4, -0.2) is 70.9 Å². The van der Waals surface area contributed by atoms with Gasteiger partial charge in [-0.05, 0) is 63.1 Å². The van der Waals surface area contributed by atoms with Crippen LogP contribution in [0.3, 0.4) is 0 Å². The van der Waals surface area contributed by atoms with Gasteiger partial charge in [0.05, 0.1) is 12.2 Å². The number of imide groups is 1. The average molecular weight is 471 g/mol. The molecule has 3 fully saturated rings. The predicted octanol–water partition coefficient (Wildman–Crippen LogP) is 2.05. The smallest absolute Gasteiger partial charge is 0.325 e. The molecular weight excluding hydrogens is 436 g/mol. The first-order chi connectivity index (χ1) is 16.2. The highest BCUT2D eigenvalue weighted by Gasteiger charge is 2.52. The van der Waals surface area contributed by atoms with Crippen LogP contribution < -0.4 is 10.6 Å². The Morgan fingerprint density at radius 2 is 1.68 bits per heavy atom. The molecule has 3 aliphatic rings. The molecule has 2 saturated heterocycles. The maximum atomic E-state index is 12.9. The van der Waals surface area contributed by atoms with Crippen LogP contribution in [0.1, 0.15) is 62.4 Å². The molecule has 2 N–H and O–H groups in total. The molecule has 34 heavy (non-hydrogen) atoms. The normalized spacial score (nSPS) is 29.3. The highest BCUT2D eigenvalue weighted by Crippen LogP contribution is 2.36. The number of nitrogens with one attached hydrogen (secondary N) is 2. The topological polar surface area (TPSA) is 108 Å². The number of benzene rings is 1. The summed E-state index contributed by atoms with van der Waals surface area (Å²) in [6, 6.07) is 6.60. The lowest BCUT2D eigenvalue weighted by Crippen LogP contribution is -2.49. The summed E-state index contributed by atoms with van der Waals surface area (Å²) in [6.45, 7) is 7.11. The van der Waals surface area contributed by atoms with Crippen molar-refractivity contribution in [2.24, 2.45) is 5.92 Å². The number of rotatable bonds is 5. The van der Waals surface area contributed by atoms with Crippen LogP contribution in [0.5, 0.6) is 0 Å². The molecule has 1 aromatic carbocycles. The number of amides is 5. The van der Waals surface area contributed by atoms with Crippen LogP contribution in [0.2, 0.25) is 0 Å². The fraction of sp³-hybridized carbons (Fsp3) is 0.600. The molecular formula is C25H34N4O5. The van der Waals surface area contributed by atoms with E-state index in [9.17, 15) is 19.2 Å². The third-order valence-electron chi connectivity index (χ3n) is 7.07. The van der Waals surface area contributed by atoms with Crippen LogP contribution in [0.15, 0.2) is 24.3 Å². The van der Waals surface area contributed by atoms with Gasteiger partial charge in [-0.25, -0.2) is 4.79 Å². The number of hydrogen-bond acceptors (Lipinski definition) is 5. The number of morpholine rings is 1. The third kappa shape index (κ3) is 5.09. The maximum Gasteiger partial charge on any atom is 0.325 e. The van der Waals surface area contributed by atoms with Gasteiger partial charge in [-0.1, -0.05) is 19.1 Å². The first-order valence-corrected chi connectivity index (χ1v) is 12.1. The Morgan fingerprint density at radius 3 is 2.29 bits per heavy atom. The average Bonchev–Trinajstić information content (AvgIpc) is 3.03. The van der Waals surface area contributed by atoms with Gasteiger partial charge >= 0.3 is 6.03 Å². The Morgan fingerprint density at radius 1 is 1.06 bits per heavy atom. The summed E-state index contributed by atoms with van der Waals surface area (Å²) in [5.41, 5.74) is 0.564. The lowest BCUT2D eigenvalue weighted by Gasteiger charge is -2.35. The molecule has 9 heteroatoms. The fourth-order valence-corrected chi connectivity index (χ4v) is 5.11. The second-order valence-electron chi connectivity index (χ2n) is 10.0. The Balaban J connectivity index is 1.28. The van der Waals surface area contributed by atoms with E-state index in [1.165, 1.54) is 0 Å². The van der Waals surface area contributed by atoms with Gasteiger partial charge in [0.25, 0.3) is 11.8 Å². The Labute approximate surface area is 200 Å². The molecule has 0 bridgehead atoms. The Kier molecular flexibility index (Phi) is 6.93. The zero-order chi connectivity index (χ0) is 24.5. The van der Waals surface area contributed by atoms with Crippen LogP contribution in [0, 0.1) is 5.92 Å². The van der Waals surface area contributed by atoms with Crippen molar-refractivity contribution in [3.8, 4) is 0 Å². The minimum atomic E-state index is -0.845. The summed E-state index contributed by atoms with van der Waals surface area (Å²) < 4.78 is 5.69. The van der Waals surface area contributed by atoms with Crippen molar-refractivity contribution in [3.05, 3.63) is 35.4 Å². The molecule has 2 heterocycles. The highest BCUT2D eigenvalue weighted by atomic mass is 16.5. The van der Waals surface area contributed by atoms with Gasteiger partial charge in [0.15, 0.2) is 0 Å². The van der Waals surface area contributed by atoms with Gasteiger partial charge in [0.2, 0.25) is 5.91 Å². The van der Waals surface area contributed by atoms with Crippen molar-refractivity contribution < 1.29 is 23.9 Å². The van der Waals surface area contributed by atoms with E-state index in [1.807, 2.05) is 13.8 Å². The molecule has 2 unspecified atom stereocenters.